The van der Waals surface area contributed by atoms with Crippen molar-refractivity contribution in [1.82, 2.24) is 20.3 Å². The predicted octanol–water partition coefficient (Wildman–Crippen LogP) is -0.224. The van der Waals surface area contributed by atoms with Gasteiger partial charge >= 0.3 is 0 Å². The van der Waals surface area contributed by atoms with Gasteiger partial charge in [-0.15, -0.1) is 0 Å². The van der Waals surface area contributed by atoms with Crippen molar-refractivity contribution in [3.63, 3.8) is 0 Å². The summed E-state index contributed by atoms with van der Waals surface area (Å²) in [6.45, 7) is 0.389. The highest BCUT2D eigenvalue weighted by Gasteiger charge is 2.07. The largest absolute Gasteiger partial charge is 0.494 e. The first-order valence-electron chi connectivity index (χ1n) is 5.35. The maximum absolute atomic E-state index is 11.7. The van der Waals surface area contributed by atoms with Crippen molar-refractivity contribution in [1.29, 1.82) is 0 Å². The lowest BCUT2D eigenvalue weighted by Crippen LogP contribution is -2.27. The lowest BCUT2D eigenvalue weighted by atomic mass is 10.2. The van der Waals surface area contributed by atoms with E-state index in [1.54, 1.807) is 12.4 Å². The first-order valence-corrected chi connectivity index (χ1v) is 5.35. The number of hydrogen-bond donors (Lipinski definition) is 4. The highest BCUT2D eigenvalue weighted by molar-refractivity contribution is 5.94. The van der Waals surface area contributed by atoms with Gasteiger partial charge in [0.15, 0.2) is 5.88 Å². The molecule has 18 heavy (non-hydrogen) atoms. The third kappa shape index (κ3) is 2.97. The highest BCUT2D eigenvalue weighted by atomic mass is 16.3. The lowest BCUT2D eigenvalue weighted by Gasteiger charge is -2.04. The number of nitrogens with zero attached hydrogens (tertiary/aromatic N) is 1. The summed E-state index contributed by atoms with van der Waals surface area (Å²) in [5.74, 6) is 0.0192. The summed E-state index contributed by atoms with van der Waals surface area (Å²) in [6, 6.07) is 2.32. The van der Waals surface area contributed by atoms with Crippen molar-refractivity contribution in [2.24, 2.45) is 0 Å². The SMILES string of the molecule is O=C(NCCc1ncc[nH]1)c1cc(O)[nH]c(=O)c1. The first-order chi connectivity index (χ1) is 8.65. The Labute approximate surface area is 102 Å². The topological polar surface area (TPSA) is 111 Å². The van der Waals surface area contributed by atoms with Crippen LogP contribution in [-0.2, 0) is 6.42 Å². The molecular formula is C11H12N4O3. The van der Waals surface area contributed by atoms with Gasteiger partial charge in [-0.1, -0.05) is 0 Å². The number of H-pyrrole nitrogens is 2. The monoisotopic (exact) mass is 248 g/mol. The zero-order valence-electron chi connectivity index (χ0n) is 9.43. The molecule has 7 heteroatoms. The van der Waals surface area contributed by atoms with E-state index in [2.05, 4.69) is 20.3 Å². The molecule has 7 nitrogen and oxygen atoms in total. The number of rotatable bonds is 4. The average Bonchev–Trinajstić information content (AvgIpc) is 2.80. The number of hydrogen-bond acceptors (Lipinski definition) is 4. The molecule has 2 aromatic rings. The van der Waals surface area contributed by atoms with Gasteiger partial charge < -0.3 is 15.4 Å². The van der Waals surface area contributed by atoms with Crippen LogP contribution < -0.4 is 10.9 Å². The lowest BCUT2D eigenvalue weighted by molar-refractivity contribution is 0.0953. The van der Waals surface area contributed by atoms with Gasteiger partial charge in [0.25, 0.3) is 11.5 Å². The minimum Gasteiger partial charge on any atom is -0.494 e. The number of pyridine rings is 1. The van der Waals surface area contributed by atoms with Gasteiger partial charge in [-0.25, -0.2) is 4.98 Å². The summed E-state index contributed by atoms with van der Waals surface area (Å²) >= 11 is 0. The van der Waals surface area contributed by atoms with Crippen LogP contribution in [0.1, 0.15) is 16.2 Å². The summed E-state index contributed by atoms with van der Waals surface area (Å²) in [7, 11) is 0. The molecule has 2 heterocycles. The van der Waals surface area contributed by atoms with Gasteiger partial charge in [-0.2, -0.15) is 0 Å². The van der Waals surface area contributed by atoms with Crippen LogP contribution in [0.15, 0.2) is 29.3 Å². The minimum atomic E-state index is -0.522. The van der Waals surface area contributed by atoms with Gasteiger partial charge in [0, 0.05) is 37.5 Å². The smallest absolute Gasteiger partial charge is 0.251 e. The molecule has 0 aromatic carbocycles. The van der Waals surface area contributed by atoms with E-state index in [0.29, 0.717) is 13.0 Å². The Kier molecular flexibility index (Phi) is 3.42. The third-order valence-corrected chi connectivity index (χ3v) is 2.29. The summed E-state index contributed by atoms with van der Waals surface area (Å²) in [5, 5.41) is 11.8. The Hall–Kier alpha value is -2.57. The molecule has 0 bridgehead atoms. The Morgan fingerprint density at radius 1 is 1.44 bits per heavy atom. The molecule has 2 rings (SSSR count). The predicted molar refractivity (Wildman–Crippen MR) is 63.4 cm³/mol. The molecule has 94 valence electrons. The molecule has 4 N–H and O–H groups in total. The van der Waals surface area contributed by atoms with E-state index in [4.69, 9.17) is 5.11 Å². The zero-order chi connectivity index (χ0) is 13.0. The summed E-state index contributed by atoms with van der Waals surface area (Å²) in [6.07, 6.45) is 3.89. The Morgan fingerprint density at radius 3 is 2.94 bits per heavy atom. The molecular weight excluding hydrogens is 236 g/mol. The molecule has 0 fully saturated rings. The quantitative estimate of drug-likeness (QED) is 0.599. The second-order valence-electron chi connectivity index (χ2n) is 3.66. The number of aromatic nitrogens is 3. The molecule has 2 aromatic heterocycles. The van der Waals surface area contributed by atoms with Gasteiger partial charge in [0.05, 0.1) is 5.56 Å². The molecule has 0 unspecified atom stereocenters. The fraction of sp³-hybridized carbons (Fsp3) is 0.182. The first kappa shape index (κ1) is 11.9. The summed E-state index contributed by atoms with van der Waals surface area (Å²) < 4.78 is 0. The summed E-state index contributed by atoms with van der Waals surface area (Å²) in [4.78, 5) is 31.8. The number of imidazole rings is 1. The fourth-order valence-corrected chi connectivity index (χ4v) is 1.49. The van der Waals surface area contributed by atoms with Crippen LogP contribution in [0.25, 0.3) is 0 Å². The minimum absolute atomic E-state index is 0.121. The van der Waals surface area contributed by atoms with E-state index in [0.717, 1.165) is 11.9 Å². The van der Waals surface area contributed by atoms with Crippen LogP contribution in [0.4, 0.5) is 0 Å². The number of carbonyl (C=O) groups is 1. The molecule has 0 atom stereocenters. The molecule has 0 spiro atoms. The van der Waals surface area contributed by atoms with E-state index >= 15 is 0 Å². The molecule has 0 aliphatic rings. The normalized spacial score (nSPS) is 10.2. The van der Waals surface area contributed by atoms with Crippen molar-refractivity contribution in [2.75, 3.05) is 6.54 Å². The van der Waals surface area contributed by atoms with Crippen LogP contribution in [-0.4, -0.2) is 32.5 Å². The second kappa shape index (κ2) is 5.17. The van der Waals surface area contributed by atoms with Gasteiger partial charge in [0.2, 0.25) is 0 Å². The third-order valence-electron chi connectivity index (χ3n) is 2.29. The number of aromatic hydroxyl groups is 1. The van der Waals surface area contributed by atoms with Gasteiger partial charge in [-0.3, -0.25) is 14.6 Å². The maximum atomic E-state index is 11.7. The van der Waals surface area contributed by atoms with Crippen LogP contribution in [0, 0.1) is 0 Å². The molecule has 0 aliphatic carbocycles. The summed E-state index contributed by atoms with van der Waals surface area (Å²) in [5.41, 5.74) is -0.401. The van der Waals surface area contributed by atoms with Crippen LogP contribution >= 0.6 is 0 Å². The van der Waals surface area contributed by atoms with E-state index in [-0.39, 0.29) is 11.4 Å². The van der Waals surface area contributed by atoms with Crippen molar-refractivity contribution in [2.45, 2.75) is 6.42 Å². The Balaban J connectivity index is 1.93. The Morgan fingerprint density at radius 2 is 2.28 bits per heavy atom. The van der Waals surface area contributed by atoms with Crippen LogP contribution in [0.2, 0.25) is 0 Å². The number of aromatic amines is 2. The molecule has 1 amide bonds. The van der Waals surface area contributed by atoms with Crippen molar-refractivity contribution in [3.8, 4) is 5.88 Å². The van der Waals surface area contributed by atoms with Crippen LogP contribution in [0.3, 0.4) is 0 Å². The van der Waals surface area contributed by atoms with Crippen molar-refractivity contribution >= 4 is 5.91 Å². The number of nitrogens with one attached hydrogen (secondary N) is 3. The number of amides is 1. The van der Waals surface area contributed by atoms with E-state index in [1.165, 1.54) is 6.07 Å². The fourth-order valence-electron chi connectivity index (χ4n) is 1.49. The van der Waals surface area contributed by atoms with Crippen LogP contribution in [0.5, 0.6) is 5.88 Å². The highest BCUT2D eigenvalue weighted by Crippen LogP contribution is 2.03. The molecule has 0 saturated carbocycles. The Bertz CT molecular complexity index is 589. The van der Waals surface area contributed by atoms with Gasteiger partial charge in [0.1, 0.15) is 5.82 Å². The maximum Gasteiger partial charge on any atom is 0.251 e. The number of carbonyl (C=O) groups excluding carboxylic acids is 1. The second-order valence-corrected chi connectivity index (χ2v) is 3.66. The van der Waals surface area contributed by atoms with Gasteiger partial charge in [-0.05, 0) is 0 Å². The van der Waals surface area contributed by atoms with Crippen molar-refractivity contribution < 1.29 is 9.90 Å². The standard InChI is InChI=1S/C11H12N4O3/c16-9-5-7(6-10(17)15-9)11(18)14-2-1-8-12-3-4-13-8/h3-6H,1-2H2,(H,12,13)(H,14,18)(H2,15,16,17). The van der Waals surface area contributed by atoms with E-state index < -0.39 is 11.5 Å². The zero-order valence-corrected chi connectivity index (χ0v) is 9.43. The average molecular weight is 248 g/mol. The molecule has 0 saturated heterocycles. The van der Waals surface area contributed by atoms with Crippen molar-refractivity contribution in [3.05, 3.63) is 46.3 Å². The molecule has 0 aliphatic heterocycles. The molecule has 0 radical (unpaired) electrons. The van der Waals surface area contributed by atoms with E-state index in [9.17, 15) is 9.59 Å². The van der Waals surface area contributed by atoms with E-state index in [1.807, 2.05) is 0 Å².